The zero-order valence-electron chi connectivity index (χ0n) is 7.08. The number of aliphatic carboxylic acids is 1. The van der Waals surface area contributed by atoms with Gasteiger partial charge < -0.3 is 5.11 Å². The van der Waals surface area contributed by atoms with Crippen molar-refractivity contribution in [1.82, 2.24) is 0 Å². The van der Waals surface area contributed by atoms with E-state index in [9.17, 15) is 4.79 Å². The molecule has 70 valence electrons. The van der Waals surface area contributed by atoms with Crippen LogP contribution in [-0.4, -0.2) is 11.1 Å². The molecule has 0 aliphatic rings. The molecule has 2 nitrogen and oxygen atoms in total. The van der Waals surface area contributed by atoms with Crippen LogP contribution < -0.4 is 0 Å². The molecule has 0 aromatic rings. The van der Waals surface area contributed by atoms with Gasteiger partial charge in [0.15, 0.2) is 0 Å². The number of carbonyl (C=O) groups is 1. The van der Waals surface area contributed by atoms with E-state index in [0.29, 0.717) is 12.3 Å². The molecule has 0 aromatic carbocycles. The third-order valence-corrected chi connectivity index (χ3v) is 1.42. The normalized spacial score (nSPS) is 9.36. The van der Waals surface area contributed by atoms with Crippen LogP contribution in [0.3, 0.4) is 0 Å². The van der Waals surface area contributed by atoms with Gasteiger partial charge in [0.25, 0.3) is 0 Å². The van der Waals surface area contributed by atoms with Crippen LogP contribution in [0.15, 0.2) is 0 Å². The van der Waals surface area contributed by atoms with Gasteiger partial charge in [-0.25, -0.2) is 0 Å². The van der Waals surface area contributed by atoms with E-state index in [1.165, 1.54) is 0 Å². The van der Waals surface area contributed by atoms with Crippen molar-refractivity contribution in [2.75, 3.05) is 0 Å². The number of carboxylic acids is 1. The average Bonchev–Trinajstić information content (AvgIpc) is 1.79. The predicted octanol–water partition coefficient (Wildman–Crippen LogP) is 2.28. The third-order valence-electron chi connectivity index (χ3n) is 1.42. The van der Waals surface area contributed by atoms with Crippen molar-refractivity contribution in [3.8, 4) is 0 Å². The van der Waals surface area contributed by atoms with Crippen molar-refractivity contribution in [3.05, 3.63) is 0 Å². The summed E-state index contributed by atoms with van der Waals surface area (Å²) < 4.78 is 0. The smallest absolute Gasteiger partial charge is 0.303 e. The van der Waals surface area contributed by atoms with Crippen LogP contribution in [0, 0.1) is 5.92 Å². The second kappa shape index (κ2) is 8.26. The minimum Gasteiger partial charge on any atom is -0.481 e. The number of hydrogen-bond acceptors (Lipinski definition) is 1. The van der Waals surface area contributed by atoms with Crippen LogP contribution in [0.5, 0.6) is 0 Å². The fourth-order valence-electron chi connectivity index (χ4n) is 0.829. The summed E-state index contributed by atoms with van der Waals surface area (Å²) in [6, 6.07) is 0. The number of hydrogen-bond donors (Lipinski definition) is 1. The van der Waals surface area contributed by atoms with E-state index in [1.807, 2.05) is 0 Å². The minimum absolute atomic E-state index is 0. The van der Waals surface area contributed by atoms with Crippen molar-refractivity contribution in [2.45, 2.75) is 39.5 Å². The van der Waals surface area contributed by atoms with Gasteiger partial charge in [-0.3, -0.25) is 4.79 Å². The standard InChI is InChI=1S/C8H16O2.Pt/c1-7(2)5-3-4-6-8(9)10;/h7H,3-6H2,1-2H3,(H,9,10);. The van der Waals surface area contributed by atoms with Gasteiger partial charge in [-0.15, -0.1) is 0 Å². The summed E-state index contributed by atoms with van der Waals surface area (Å²) in [6.07, 6.45) is 3.34. The topological polar surface area (TPSA) is 37.3 Å². The molecule has 0 saturated heterocycles. The molecule has 3 heteroatoms. The van der Waals surface area contributed by atoms with Crippen molar-refractivity contribution in [3.63, 3.8) is 0 Å². The van der Waals surface area contributed by atoms with Gasteiger partial charge in [0.2, 0.25) is 0 Å². The molecule has 0 fully saturated rings. The Balaban J connectivity index is 0. The molecular formula is C8H16O2Pt. The maximum Gasteiger partial charge on any atom is 0.303 e. The van der Waals surface area contributed by atoms with Gasteiger partial charge in [-0.2, -0.15) is 0 Å². The molecule has 0 bridgehead atoms. The van der Waals surface area contributed by atoms with E-state index in [1.54, 1.807) is 0 Å². The zero-order valence-corrected chi connectivity index (χ0v) is 9.35. The molecule has 11 heavy (non-hydrogen) atoms. The first-order valence-corrected chi connectivity index (χ1v) is 3.84. The first kappa shape index (κ1) is 13.7. The van der Waals surface area contributed by atoms with Crippen molar-refractivity contribution < 1.29 is 31.0 Å². The maximum atomic E-state index is 10.0. The number of rotatable bonds is 5. The average molecular weight is 339 g/mol. The number of unbranched alkanes of at least 4 members (excludes halogenated alkanes) is 1. The maximum absolute atomic E-state index is 10.0. The number of carboxylic acid groups (broad SMARTS) is 1. The molecular weight excluding hydrogens is 323 g/mol. The molecule has 0 aliphatic carbocycles. The second-order valence-electron chi connectivity index (χ2n) is 3.03. The molecule has 0 atom stereocenters. The van der Waals surface area contributed by atoms with Crippen LogP contribution >= 0.6 is 0 Å². The Morgan fingerprint density at radius 2 is 1.91 bits per heavy atom. The molecule has 0 spiro atoms. The van der Waals surface area contributed by atoms with Crippen molar-refractivity contribution >= 4 is 5.97 Å². The quantitative estimate of drug-likeness (QED) is 0.781. The fourth-order valence-corrected chi connectivity index (χ4v) is 0.829. The molecule has 0 saturated carbocycles. The van der Waals surface area contributed by atoms with E-state index in [-0.39, 0.29) is 21.1 Å². The van der Waals surface area contributed by atoms with Gasteiger partial charge in [-0.05, 0) is 12.3 Å². The second-order valence-corrected chi connectivity index (χ2v) is 3.03. The van der Waals surface area contributed by atoms with E-state index in [4.69, 9.17) is 5.11 Å². The van der Waals surface area contributed by atoms with Gasteiger partial charge >= 0.3 is 5.97 Å². The van der Waals surface area contributed by atoms with Crippen LogP contribution in [0.2, 0.25) is 0 Å². The Morgan fingerprint density at radius 3 is 2.27 bits per heavy atom. The Morgan fingerprint density at radius 1 is 1.36 bits per heavy atom. The zero-order chi connectivity index (χ0) is 7.98. The Labute approximate surface area is 82.6 Å². The van der Waals surface area contributed by atoms with Gasteiger partial charge in [0.1, 0.15) is 0 Å². The minimum atomic E-state index is -0.677. The van der Waals surface area contributed by atoms with E-state index in [0.717, 1.165) is 19.3 Å². The Hall–Kier alpha value is 0.158. The van der Waals surface area contributed by atoms with Gasteiger partial charge in [0.05, 0.1) is 0 Å². The van der Waals surface area contributed by atoms with Crippen LogP contribution in [-0.2, 0) is 25.9 Å². The Kier molecular flexibility index (Phi) is 10.3. The van der Waals surface area contributed by atoms with Crippen molar-refractivity contribution in [2.24, 2.45) is 5.92 Å². The molecule has 0 amide bonds. The van der Waals surface area contributed by atoms with E-state index >= 15 is 0 Å². The summed E-state index contributed by atoms with van der Waals surface area (Å²) in [7, 11) is 0. The Bertz CT molecular complexity index is 102. The summed E-state index contributed by atoms with van der Waals surface area (Å²) in [4.78, 5) is 10.0. The first-order chi connectivity index (χ1) is 4.63. The van der Waals surface area contributed by atoms with E-state index in [2.05, 4.69) is 13.8 Å². The van der Waals surface area contributed by atoms with Crippen molar-refractivity contribution in [1.29, 1.82) is 0 Å². The first-order valence-electron chi connectivity index (χ1n) is 3.84. The predicted molar refractivity (Wildman–Crippen MR) is 40.9 cm³/mol. The molecule has 0 heterocycles. The molecule has 0 radical (unpaired) electrons. The van der Waals surface area contributed by atoms with Crippen LogP contribution in [0.1, 0.15) is 39.5 Å². The summed E-state index contributed by atoms with van der Waals surface area (Å²) in [5.74, 6) is 0.0255. The molecule has 0 unspecified atom stereocenters. The summed E-state index contributed by atoms with van der Waals surface area (Å²) in [5, 5.41) is 8.28. The molecule has 0 aliphatic heterocycles. The molecule has 0 rings (SSSR count). The third kappa shape index (κ3) is 13.2. The summed E-state index contributed by atoms with van der Waals surface area (Å²) >= 11 is 0. The fraction of sp³-hybridized carbons (Fsp3) is 0.875. The molecule has 1 N–H and O–H groups in total. The van der Waals surface area contributed by atoms with Gasteiger partial charge in [-0.1, -0.05) is 26.7 Å². The SMILES string of the molecule is CC(C)CCCCC(=O)O.[Pt]. The summed E-state index contributed by atoms with van der Waals surface area (Å²) in [6.45, 7) is 4.31. The largest absolute Gasteiger partial charge is 0.481 e. The van der Waals surface area contributed by atoms with Gasteiger partial charge in [0, 0.05) is 27.5 Å². The summed E-state index contributed by atoms with van der Waals surface area (Å²) in [5.41, 5.74) is 0. The monoisotopic (exact) mass is 339 g/mol. The molecule has 0 aromatic heterocycles. The van der Waals surface area contributed by atoms with Crippen LogP contribution in [0.25, 0.3) is 0 Å². The van der Waals surface area contributed by atoms with E-state index < -0.39 is 5.97 Å². The van der Waals surface area contributed by atoms with Crippen LogP contribution in [0.4, 0.5) is 0 Å².